The van der Waals surface area contributed by atoms with Crippen molar-refractivity contribution in [3.05, 3.63) is 77.7 Å². The molecule has 0 fully saturated rings. The number of benzene rings is 2. The molecule has 0 bridgehead atoms. The minimum absolute atomic E-state index is 0.104. The molecule has 0 aromatic heterocycles. The van der Waals surface area contributed by atoms with E-state index in [9.17, 15) is 8.42 Å². The first-order chi connectivity index (χ1) is 11.9. The highest BCUT2D eigenvalue weighted by molar-refractivity contribution is 7.95. The molecule has 0 saturated carbocycles. The Morgan fingerprint density at radius 1 is 1.16 bits per heavy atom. The van der Waals surface area contributed by atoms with Crippen LogP contribution in [0.1, 0.15) is 12.5 Å². The van der Waals surface area contributed by atoms with E-state index in [1.165, 1.54) is 6.21 Å². The van der Waals surface area contributed by atoms with E-state index in [-0.39, 0.29) is 22.4 Å². The van der Waals surface area contributed by atoms with E-state index >= 15 is 0 Å². The number of hydrogen-bond acceptors (Lipinski definition) is 5. The summed E-state index contributed by atoms with van der Waals surface area (Å²) in [5.74, 6) is 0. The van der Waals surface area contributed by atoms with E-state index in [4.69, 9.17) is 5.21 Å². The predicted octanol–water partition coefficient (Wildman–Crippen LogP) is 3.32. The Bertz CT molecular complexity index is 818. The third kappa shape index (κ3) is 5.01. The lowest BCUT2D eigenvalue weighted by Crippen LogP contribution is -2.36. The Balaban J connectivity index is 2.22. The zero-order valence-electron chi connectivity index (χ0n) is 14.1. The lowest BCUT2D eigenvalue weighted by Gasteiger charge is -2.27. The minimum Gasteiger partial charge on any atom is -0.411 e. The summed E-state index contributed by atoms with van der Waals surface area (Å²) in [5.41, 5.74) is 1.03. The molecule has 2 rings (SSSR count). The van der Waals surface area contributed by atoms with Crippen LogP contribution in [0.3, 0.4) is 0 Å². The summed E-state index contributed by atoms with van der Waals surface area (Å²) in [4.78, 5) is 2.22. The Kier molecular flexibility index (Phi) is 6.50. The second-order valence-electron chi connectivity index (χ2n) is 5.75. The van der Waals surface area contributed by atoms with Gasteiger partial charge in [0.25, 0.3) is 0 Å². The van der Waals surface area contributed by atoms with Crippen molar-refractivity contribution in [2.24, 2.45) is 5.16 Å². The monoisotopic (exact) mass is 358 g/mol. The normalized spacial score (nSPS) is 13.2. The van der Waals surface area contributed by atoms with Gasteiger partial charge in [0.1, 0.15) is 0 Å². The summed E-state index contributed by atoms with van der Waals surface area (Å²) < 4.78 is 25.4. The van der Waals surface area contributed by atoms with Gasteiger partial charge >= 0.3 is 0 Å². The molecule has 1 N–H and O–H groups in total. The van der Waals surface area contributed by atoms with Crippen LogP contribution in [0.2, 0.25) is 0 Å². The summed E-state index contributed by atoms with van der Waals surface area (Å²) in [5, 5.41) is 11.9. The van der Waals surface area contributed by atoms with Gasteiger partial charge in [0, 0.05) is 19.1 Å². The van der Waals surface area contributed by atoms with Crippen LogP contribution in [0, 0.1) is 0 Å². The van der Waals surface area contributed by atoms with Crippen LogP contribution in [0.25, 0.3) is 0 Å². The van der Waals surface area contributed by atoms with Gasteiger partial charge in [0.2, 0.25) is 9.84 Å². The number of oxime groups is 1. The topological polar surface area (TPSA) is 70.0 Å². The number of hydrogen-bond donors (Lipinski definition) is 1. The zero-order chi connectivity index (χ0) is 18.3. The zero-order valence-corrected chi connectivity index (χ0v) is 14.9. The average Bonchev–Trinajstić information content (AvgIpc) is 2.63. The maximum absolute atomic E-state index is 12.7. The van der Waals surface area contributed by atoms with Crippen molar-refractivity contribution in [1.29, 1.82) is 0 Å². The molecule has 0 radical (unpaired) electrons. The Labute approximate surface area is 148 Å². The quantitative estimate of drug-likeness (QED) is 0.446. The summed E-state index contributed by atoms with van der Waals surface area (Å²) in [6, 6.07) is 17.7. The van der Waals surface area contributed by atoms with Crippen LogP contribution >= 0.6 is 0 Å². The molecule has 25 heavy (non-hydrogen) atoms. The molecule has 0 aliphatic carbocycles. The Hall–Kier alpha value is -2.44. The molecule has 0 amide bonds. The highest BCUT2D eigenvalue weighted by atomic mass is 32.2. The second kappa shape index (κ2) is 8.60. The lowest BCUT2D eigenvalue weighted by molar-refractivity contribution is 0.262. The molecule has 5 nitrogen and oxygen atoms in total. The predicted molar refractivity (Wildman–Crippen MR) is 99.4 cm³/mol. The standard InChI is InChI=1S/C19H22N2O3S/c1-16(13-20-22)21(15-18-9-5-3-6-10-18)14-17(2)25(23,24)19-11-7-4-8-12-19/h3-13,16,22H,2,14-15H2,1H3/b20-13+/t16-/m1/s1. The third-order valence-electron chi connectivity index (χ3n) is 3.90. The molecular weight excluding hydrogens is 336 g/mol. The molecular formula is C19H22N2O3S. The highest BCUT2D eigenvalue weighted by Gasteiger charge is 2.23. The van der Waals surface area contributed by atoms with Gasteiger partial charge in [0.15, 0.2) is 0 Å². The molecule has 0 aliphatic rings. The fourth-order valence-corrected chi connectivity index (χ4v) is 3.61. The molecule has 2 aromatic rings. The van der Waals surface area contributed by atoms with Gasteiger partial charge in [0.05, 0.1) is 16.0 Å². The van der Waals surface area contributed by atoms with Crippen molar-refractivity contribution in [1.82, 2.24) is 4.90 Å². The van der Waals surface area contributed by atoms with E-state index in [1.807, 2.05) is 42.2 Å². The molecule has 0 spiro atoms. The van der Waals surface area contributed by atoms with Crippen molar-refractivity contribution < 1.29 is 13.6 Å². The van der Waals surface area contributed by atoms with Gasteiger partial charge in [-0.1, -0.05) is 55.1 Å². The maximum atomic E-state index is 12.7. The number of rotatable bonds is 8. The first kappa shape index (κ1) is 18.9. The van der Waals surface area contributed by atoms with Crippen LogP contribution in [0.15, 0.2) is 82.2 Å². The third-order valence-corrected chi connectivity index (χ3v) is 5.68. The molecule has 132 valence electrons. The molecule has 0 saturated heterocycles. The van der Waals surface area contributed by atoms with E-state index in [0.717, 1.165) is 5.56 Å². The van der Waals surface area contributed by atoms with Crippen LogP contribution in [0.5, 0.6) is 0 Å². The summed E-state index contributed by atoms with van der Waals surface area (Å²) in [6.07, 6.45) is 1.37. The van der Waals surface area contributed by atoms with Crippen LogP contribution in [-0.2, 0) is 16.4 Å². The SMILES string of the molecule is C=C(CN(Cc1ccccc1)[C@H](C)/C=N/O)S(=O)(=O)c1ccccc1. The van der Waals surface area contributed by atoms with Gasteiger partial charge in [-0.15, -0.1) is 5.16 Å². The van der Waals surface area contributed by atoms with Crippen LogP contribution in [0.4, 0.5) is 0 Å². The maximum Gasteiger partial charge on any atom is 0.203 e. The van der Waals surface area contributed by atoms with E-state index in [2.05, 4.69) is 11.7 Å². The number of nitrogens with zero attached hydrogens (tertiary/aromatic N) is 2. The van der Waals surface area contributed by atoms with Gasteiger partial charge in [-0.3, -0.25) is 4.90 Å². The molecule has 1 atom stereocenters. The molecule has 0 unspecified atom stereocenters. The van der Waals surface area contributed by atoms with Gasteiger partial charge in [-0.05, 0) is 24.6 Å². The molecule has 0 heterocycles. The van der Waals surface area contributed by atoms with Gasteiger partial charge < -0.3 is 5.21 Å². The lowest BCUT2D eigenvalue weighted by atomic mass is 10.2. The smallest absolute Gasteiger partial charge is 0.203 e. The Morgan fingerprint density at radius 3 is 2.28 bits per heavy atom. The largest absolute Gasteiger partial charge is 0.411 e. The van der Waals surface area contributed by atoms with Gasteiger partial charge in [-0.25, -0.2) is 8.42 Å². The molecule has 6 heteroatoms. The van der Waals surface area contributed by atoms with E-state index in [0.29, 0.717) is 6.54 Å². The summed E-state index contributed by atoms with van der Waals surface area (Å²) >= 11 is 0. The van der Waals surface area contributed by atoms with Crippen molar-refractivity contribution in [2.75, 3.05) is 6.54 Å². The fraction of sp³-hybridized carbons (Fsp3) is 0.211. The summed E-state index contributed by atoms with van der Waals surface area (Å²) in [7, 11) is -3.62. The second-order valence-corrected chi connectivity index (χ2v) is 7.81. The average molecular weight is 358 g/mol. The van der Waals surface area contributed by atoms with E-state index < -0.39 is 9.84 Å². The minimum atomic E-state index is -3.62. The Morgan fingerprint density at radius 2 is 1.72 bits per heavy atom. The summed E-state index contributed by atoms with van der Waals surface area (Å²) in [6.45, 7) is 6.28. The van der Waals surface area contributed by atoms with Crippen LogP contribution < -0.4 is 0 Å². The number of sulfone groups is 1. The van der Waals surface area contributed by atoms with E-state index in [1.54, 1.807) is 30.3 Å². The molecule has 2 aromatic carbocycles. The first-order valence-electron chi connectivity index (χ1n) is 7.88. The fourth-order valence-electron chi connectivity index (χ4n) is 2.43. The van der Waals surface area contributed by atoms with Crippen LogP contribution in [-0.4, -0.2) is 37.3 Å². The van der Waals surface area contributed by atoms with Gasteiger partial charge in [-0.2, -0.15) is 0 Å². The van der Waals surface area contributed by atoms with Crippen molar-refractivity contribution in [3.63, 3.8) is 0 Å². The van der Waals surface area contributed by atoms with Crippen molar-refractivity contribution in [3.8, 4) is 0 Å². The van der Waals surface area contributed by atoms with Crippen molar-refractivity contribution >= 4 is 16.1 Å². The first-order valence-corrected chi connectivity index (χ1v) is 9.37. The van der Waals surface area contributed by atoms with Crippen molar-refractivity contribution in [2.45, 2.75) is 24.4 Å². The highest BCUT2D eigenvalue weighted by Crippen LogP contribution is 2.20. The molecule has 0 aliphatic heterocycles.